The zero-order valence-corrected chi connectivity index (χ0v) is 9.33. The van der Waals surface area contributed by atoms with Crippen LogP contribution in [-0.2, 0) is 6.42 Å². The molecule has 5 heteroatoms. The molecular weight excluding hydrogens is 218 g/mol. The van der Waals surface area contributed by atoms with Crippen molar-refractivity contribution in [1.82, 2.24) is 9.97 Å². The third-order valence-electron chi connectivity index (χ3n) is 2.45. The van der Waals surface area contributed by atoms with Crippen LogP contribution in [0, 0.1) is 10.1 Å². The Bertz CT molecular complexity index is 555. The van der Waals surface area contributed by atoms with Crippen molar-refractivity contribution in [2.24, 2.45) is 0 Å². The van der Waals surface area contributed by atoms with Crippen LogP contribution < -0.4 is 0 Å². The van der Waals surface area contributed by atoms with Gasteiger partial charge in [0.25, 0.3) is 5.69 Å². The summed E-state index contributed by atoms with van der Waals surface area (Å²) in [5, 5.41) is 10.7. The summed E-state index contributed by atoms with van der Waals surface area (Å²) >= 11 is 0. The fraction of sp³-hybridized carbons (Fsp3) is 0.167. The molecule has 0 aliphatic heterocycles. The molecule has 2 aromatic heterocycles. The smallest absolute Gasteiger partial charge is 0.261 e. The number of hydrogen-bond acceptors (Lipinski definition) is 4. The van der Waals surface area contributed by atoms with Crippen LogP contribution in [0.5, 0.6) is 0 Å². The molecule has 0 aromatic carbocycles. The molecule has 2 rings (SSSR count). The summed E-state index contributed by atoms with van der Waals surface area (Å²) in [6.07, 6.45) is 5.39. The molecule has 0 amide bonds. The number of nitro groups is 1. The fourth-order valence-electron chi connectivity index (χ4n) is 1.54. The molecule has 0 saturated heterocycles. The van der Waals surface area contributed by atoms with Gasteiger partial charge in [0.05, 0.1) is 4.92 Å². The van der Waals surface area contributed by atoms with Gasteiger partial charge < -0.3 is 0 Å². The van der Waals surface area contributed by atoms with Crippen LogP contribution in [0.2, 0.25) is 0 Å². The monoisotopic (exact) mass is 229 g/mol. The Balaban J connectivity index is 2.45. The maximum Gasteiger partial charge on any atom is 0.288 e. The van der Waals surface area contributed by atoms with Crippen molar-refractivity contribution < 1.29 is 4.92 Å². The molecule has 5 nitrogen and oxygen atoms in total. The van der Waals surface area contributed by atoms with Crippen LogP contribution in [0.3, 0.4) is 0 Å². The largest absolute Gasteiger partial charge is 0.288 e. The maximum atomic E-state index is 10.7. The number of hydrogen-bond donors (Lipinski definition) is 0. The van der Waals surface area contributed by atoms with Crippen molar-refractivity contribution in [2.45, 2.75) is 13.3 Å². The van der Waals surface area contributed by atoms with Crippen molar-refractivity contribution in [3.8, 4) is 11.1 Å². The van der Waals surface area contributed by atoms with Crippen LogP contribution in [0.1, 0.15) is 12.6 Å². The zero-order chi connectivity index (χ0) is 12.3. The number of aryl methyl sites for hydroxylation is 1. The lowest BCUT2D eigenvalue weighted by molar-refractivity contribution is -0.385. The van der Waals surface area contributed by atoms with E-state index in [1.807, 2.05) is 19.1 Å². The minimum atomic E-state index is -0.446. The van der Waals surface area contributed by atoms with Gasteiger partial charge in [-0.05, 0) is 24.1 Å². The fourth-order valence-corrected chi connectivity index (χ4v) is 1.54. The Morgan fingerprint density at radius 2 is 2.12 bits per heavy atom. The first-order valence-corrected chi connectivity index (χ1v) is 5.25. The van der Waals surface area contributed by atoms with E-state index in [0.717, 1.165) is 23.2 Å². The minimum Gasteiger partial charge on any atom is -0.261 e. The van der Waals surface area contributed by atoms with Crippen molar-refractivity contribution in [2.75, 3.05) is 0 Å². The summed E-state index contributed by atoms with van der Waals surface area (Å²) in [4.78, 5) is 18.3. The Hall–Kier alpha value is -2.30. The van der Waals surface area contributed by atoms with E-state index in [9.17, 15) is 10.1 Å². The third-order valence-corrected chi connectivity index (χ3v) is 2.45. The standard InChI is InChI=1S/C12H11N3O2/c1-2-11-5-9(3-4-14-11)10-6-12(15(16)17)8-13-7-10/h3-8H,2H2,1H3. The lowest BCUT2D eigenvalue weighted by Crippen LogP contribution is -1.91. The lowest BCUT2D eigenvalue weighted by atomic mass is 10.1. The predicted molar refractivity (Wildman–Crippen MR) is 63.5 cm³/mol. The zero-order valence-electron chi connectivity index (χ0n) is 9.33. The summed E-state index contributed by atoms with van der Waals surface area (Å²) in [5.41, 5.74) is 2.58. The van der Waals surface area contributed by atoms with Crippen LogP contribution in [-0.4, -0.2) is 14.9 Å². The minimum absolute atomic E-state index is 0.00244. The molecule has 0 atom stereocenters. The normalized spacial score (nSPS) is 10.2. The van der Waals surface area contributed by atoms with Crippen molar-refractivity contribution in [3.63, 3.8) is 0 Å². The van der Waals surface area contributed by atoms with Gasteiger partial charge >= 0.3 is 0 Å². The van der Waals surface area contributed by atoms with E-state index in [1.165, 1.54) is 12.3 Å². The number of pyridine rings is 2. The van der Waals surface area contributed by atoms with Gasteiger partial charge in [-0.2, -0.15) is 0 Å². The molecule has 0 radical (unpaired) electrons. The summed E-state index contributed by atoms with van der Waals surface area (Å²) in [6, 6.07) is 5.25. The highest BCUT2D eigenvalue weighted by molar-refractivity contribution is 5.64. The van der Waals surface area contributed by atoms with Crippen LogP contribution >= 0.6 is 0 Å². The maximum absolute atomic E-state index is 10.7. The van der Waals surface area contributed by atoms with E-state index in [1.54, 1.807) is 12.4 Å². The average molecular weight is 229 g/mol. The van der Waals surface area contributed by atoms with Crippen LogP contribution in [0.15, 0.2) is 36.8 Å². The molecular formula is C12H11N3O2. The van der Waals surface area contributed by atoms with Gasteiger partial charge in [-0.1, -0.05) is 6.92 Å². The number of rotatable bonds is 3. The van der Waals surface area contributed by atoms with Gasteiger partial charge in [-0.25, -0.2) is 0 Å². The molecule has 86 valence electrons. The Kier molecular flexibility index (Phi) is 3.09. The molecule has 2 heterocycles. The van der Waals surface area contributed by atoms with Gasteiger partial charge in [0.1, 0.15) is 6.20 Å². The van der Waals surface area contributed by atoms with Gasteiger partial charge in [-0.15, -0.1) is 0 Å². The second-order valence-electron chi connectivity index (χ2n) is 3.58. The van der Waals surface area contributed by atoms with Gasteiger partial charge in [-0.3, -0.25) is 20.1 Å². The van der Waals surface area contributed by atoms with E-state index in [4.69, 9.17) is 0 Å². The average Bonchev–Trinajstić information content (AvgIpc) is 2.39. The van der Waals surface area contributed by atoms with Gasteiger partial charge in [0, 0.05) is 29.7 Å². The molecule has 2 aromatic rings. The Morgan fingerprint density at radius 3 is 2.82 bits per heavy atom. The number of aromatic nitrogens is 2. The second kappa shape index (κ2) is 4.69. The SMILES string of the molecule is CCc1cc(-c2cncc([N+](=O)[O-])c2)ccn1. The molecule has 0 aliphatic carbocycles. The first-order valence-electron chi connectivity index (χ1n) is 5.25. The van der Waals surface area contributed by atoms with E-state index < -0.39 is 4.92 Å². The molecule has 0 unspecified atom stereocenters. The van der Waals surface area contributed by atoms with Crippen molar-refractivity contribution in [1.29, 1.82) is 0 Å². The summed E-state index contributed by atoms with van der Waals surface area (Å²) in [7, 11) is 0. The highest BCUT2D eigenvalue weighted by Gasteiger charge is 2.08. The second-order valence-corrected chi connectivity index (χ2v) is 3.58. The van der Waals surface area contributed by atoms with Gasteiger partial charge in [0.2, 0.25) is 0 Å². The molecule has 0 aliphatic rings. The third kappa shape index (κ3) is 2.44. The molecule has 17 heavy (non-hydrogen) atoms. The highest BCUT2D eigenvalue weighted by atomic mass is 16.6. The topological polar surface area (TPSA) is 68.9 Å². The Morgan fingerprint density at radius 1 is 1.29 bits per heavy atom. The quantitative estimate of drug-likeness (QED) is 0.599. The van der Waals surface area contributed by atoms with Crippen LogP contribution in [0.25, 0.3) is 11.1 Å². The van der Waals surface area contributed by atoms with E-state index >= 15 is 0 Å². The molecule has 0 bridgehead atoms. The van der Waals surface area contributed by atoms with E-state index in [0.29, 0.717) is 0 Å². The first kappa shape index (κ1) is 11.2. The summed E-state index contributed by atoms with van der Waals surface area (Å²) in [6.45, 7) is 2.01. The van der Waals surface area contributed by atoms with Crippen molar-refractivity contribution in [3.05, 3.63) is 52.6 Å². The van der Waals surface area contributed by atoms with E-state index in [-0.39, 0.29) is 5.69 Å². The molecule has 0 fully saturated rings. The van der Waals surface area contributed by atoms with E-state index in [2.05, 4.69) is 9.97 Å². The molecule has 0 N–H and O–H groups in total. The first-order chi connectivity index (χ1) is 8.20. The van der Waals surface area contributed by atoms with Gasteiger partial charge in [0.15, 0.2) is 0 Å². The predicted octanol–water partition coefficient (Wildman–Crippen LogP) is 2.61. The lowest BCUT2D eigenvalue weighted by Gasteiger charge is -2.02. The highest BCUT2D eigenvalue weighted by Crippen LogP contribution is 2.22. The summed E-state index contributed by atoms with van der Waals surface area (Å²) < 4.78 is 0. The van der Waals surface area contributed by atoms with Crippen LogP contribution in [0.4, 0.5) is 5.69 Å². The summed E-state index contributed by atoms with van der Waals surface area (Å²) in [5.74, 6) is 0. The number of nitrogens with zero attached hydrogens (tertiary/aromatic N) is 3. The molecule has 0 saturated carbocycles. The Labute approximate surface area is 98.3 Å². The van der Waals surface area contributed by atoms with Crippen molar-refractivity contribution >= 4 is 5.69 Å². The molecule has 0 spiro atoms.